The number of amides is 2. The highest BCUT2D eigenvalue weighted by Gasteiger charge is 2.30. The van der Waals surface area contributed by atoms with Gasteiger partial charge in [0, 0.05) is 29.7 Å². The third-order valence-electron chi connectivity index (χ3n) is 4.97. The van der Waals surface area contributed by atoms with Gasteiger partial charge in [-0.15, -0.1) is 0 Å². The number of hydrogen-bond acceptors (Lipinski definition) is 6. The van der Waals surface area contributed by atoms with Crippen LogP contribution in [-0.4, -0.2) is 55.4 Å². The number of hydrogen-bond donors (Lipinski definition) is 1. The Morgan fingerprint density at radius 2 is 1.85 bits per heavy atom. The number of rotatable bonds is 11. The maximum Gasteiger partial charge on any atom is 0.271 e. The fourth-order valence-corrected chi connectivity index (χ4v) is 4.47. The van der Waals surface area contributed by atoms with Crippen LogP contribution in [0.25, 0.3) is 0 Å². The Morgan fingerprint density at radius 3 is 2.44 bits per heavy atom. The van der Waals surface area contributed by atoms with Crippen LogP contribution in [0.2, 0.25) is 0 Å². The number of carbonyl (C=O) groups excluding carboxylic acids is 2. The Hall–Kier alpha value is -2.99. The van der Waals surface area contributed by atoms with Crippen molar-refractivity contribution >= 4 is 49.1 Å². The van der Waals surface area contributed by atoms with E-state index in [9.17, 15) is 28.1 Å². The van der Waals surface area contributed by atoms with E-state index in [1.54, 1.807) is 25.1 Å². The number of nitro benzene ring substituents is 1. The van der Waals surface area contributed by atoms with Gasteiger partial charge in [0.2, 0.25) is 21.8 Å². The van der Waals surface area contributed by atoms with Crippen molar-refractivity contribution in [2.75, 3.05) is 23.7 Å². The van der Waals surface area contributed by atoms with E-state index in [4.69, 9.17) is 0 Å². The Bertz CT molecular complexity index is 1160. The molecule has 0 unspecified atom stereocenters. The van der Waals surface area contributed by atoms with Crippen LogP contribution in [0.5, 0.6) is 0 Å². The Balaban J connectivity index is 2.41. The number of nitro groups is 1. The number of anilines is 1. The van der Waals surface area contributed by atoms with Gasteiger partial charge in [0.05, 0.1) is 16.9 Å². The highest BCUT2D eigenvalue weighted by atomic mass is 79.9. The summed E-state index contributed by atoms with van der Waals surface area (Å²) in [7, 11) is -3.97. The zero-order valence-corrected chi connectivity index (χ0v) is 21.5. The number of benzene rings is 2. The predicted octanol–water partition coefficient (Wildman–Crippen LogP) is 3.07. The average Bonchev–Trinajstić information content (AvgIpc) is 2.78. The lowest BCUT2D eigenvalue weighted by Gasteiger charge is -2.31. The normalized spacial score (nSPS) is 12.0. The first-order valence-electron chi connectivity index (χ1n) is 10.5. The van der Waals surface area contributed by atoms with Crippen LogP contribution in [-0.2, 0) is 26.2 Å². The van der Waals surface area contributed by atoms with E-state index >= 15 is 0 Å². The zero-order valence-electron chi connectivity index (χ0n) is 19.1. The molecule has 0 aliphatic carbocycles. The fourth-order valence-electron chi connectivity index (χ4n) is 3.19. The highest BCUT2D eigenvalue weighted by molar-refractivity contribution is 9.10. The van der Waals surface area contributed by atoms with Gasteiger partial charge in [-0.25, -0.2) is 8.42 Å². The van der Waals surface area contributed by atoms with Crippen molar-refractivity contribution in [1.29, 1.82) is 0 Å². The van der Waals surface area contributed by atoms with E-state index in [0.717, 1.165) is 26.7 Å². The SMILES string of the molecule is CCCNC(=O)[C@H](C)N(Cc1cccc(Br)c1)C(=O)CN(c1cccc([N+](=O)[O-])c1)S(C)(=O)=O. The van der Waals surface area contributed by atoms with Crippen LogP contribution in [0.4, 0.5) is 11.4 Å². The molecule has 2 aromatic carbocycles. The lowest BCUT2D eigenvalue weighted by atomic mass is 10.1. The molecule has 1 N–H and O–H groups in total. The molecule has 0 aromatic heterocycles. The van der Waals surface area contributed by atoms with Crippen LogP contribution < -0.4 is 9.62 Å². The van der Waals surface area contributed by atoms with E-state index in [-0.39, 0.29) is 23.8 Å². The van der Waals surface area contributed by atoms with Gasteiger partial charge in [0.25, 0.3) is 5.69 Å². The van der Waals surface area contributed by atoms with Crippen molar-refractivity contribution in [3.05, 3.63) is 68.7 Å². The van der Waals surface area contributed by atoms with Crippen molar-refractivity contribution in [2.24, 2.45) is 0 Å². The second-order valence-corrected chi connectivity index (χ2v) is 10.5. The second kappa shape index (κ2) is 11.9. The molecule has 12 heteroatoms. The number of halogens is 1. The van der Waals surface area contributed by atoms with Crippen molar-refractivity contribution < 1.29 is 22.9 Å². The molecule has 184 valence electrons. The van der Waals surface area contributed by atoms with E-state index in [1.807, 2.05) is 13.0 Å². The van der Waals surface area contributed by atoms with Gasteiger partial charge >= 0.3 is 0 Å². The topological polar surface area (TPSA) is 130 Å². The first-order valence-corrected chi connectivity index (χ1v) is 13.1. The van der Waals surface area contributed by atoms with Crippen LogP contribution in [0, 0.1) is 10.1 Å². The first-order chi connectivity index (χ1) is 15.9. The van der Waals surface area contributed by atoms with Gasteiger partial charge in [-0.2, -0.15) is 0 Å². The molecule has 0 saturated carbocycles. The van der Waals surface area contributed by atoms with Crippen LogP contribution in [0.3, 0.4) is 0 Å². The summed E-state index contributed by atoms with van der Waals surface area (Å²) in [6.07, 6.45) is 1.63. The van der Waals surface area contributed by atoms with Crippen molar-refractivity contribution in [3.63, 3.8) is 0 Å². The smallest absolute Gasteiger partial charge is 0.271 e. The summed E-state index contributed by atoms with van der Waals surface area (Å²) in [6, 6.07) is 11.3. The van der Waals surface area contributed by atoms with Crippen molar-refractivity contribution in [2.45, 2.75) is 32.9 Å². The van der Waals surface area contributed by atoms with Crippen molar-refractivity contribution in [1.82, 2.24) is 10.2 Å². The summed E-state index contributed by atoms with van der Waals surface area (Å²) in [4.78, 5) is 37.8. The molecule has 2 amide bonds. The maximum absolute atomic E-state index is 13.4. The zero-order chi connectivity index (χ0) is 25.5. The molecule has 10 nitrogen and oxygen atoms in total. The summed E-state index contributed by atoms with van der Waals surface area (Å²) in [5.74, 6) is -0.998. The third-order valence-corrected chi connectivity index (χ3v) is 6.60. The monoisotopic (exact) mass is 554 g/mol. The molecule has 0 fully saturated rings. The van der Waals surface area contributed by atoms with E-state index in [1.165, 1.54) is 23.1 Å². The Kier molecular flexibility index (Phi) is 9.56. The molecule has 0 heterocycles. The molecule has 0 saturated heterocycles. The summed E-state index contributed by atoms with van der Waals surface area (Å²) in [5.41, 5.74) is 0.409. The predicted molar refractivity (Wildman–Crippen MR) is 133 cm³/mol. The van der Waals surface area contributed by atoms with Crippen LogP contribution in [0.15, 0.2) is 53.0 Å². The molecule has 0 radical (unpaired) electrons. The lowest BCUT2D eigenvalue weighted by Crippen LogP contribution is -2.51. The molecule has 34 heavy (non-hydrogen) atoms. The highest BCUT2D eigenvalue weighted by Crippen LogP contribution is 2.24. The second-order valence-electron chi connectivity index (χ2n) is 7.67. The minimum absolute atomic E-state index is 0.0180. The minimum atomic E-state index is -3.97. The number of nitrogens with one attached hydrogen (secondary N) is 1. The number of sulfonamides is 1. The average molecular weight is 555 g/mol. The van der Waals surface area contributed by atoms with Gasteiger partial charge in [0.15, 0.2) is 0 Å². The first kappa shape index (κ1) is 27.3. The molecule has 0 aliphatic heterocycles. The molecular formula is C22H27BrN4O6S. The van der Waals surface area contributed by atoms with Gasteiger partial charge in [-0.05, 0) is 37.1 Å². The number of nitrogens with zero attached hydrogens (tertiary/aromatic N) is 3. The lowest BCUT2D eigenvalue weighted by molar-refractivity contribution is -0.384. The molecule has 0 bridgehead atoms. The number of carbonyl (C=O) groups is 2. The fraction of sp³-hybridized carbons (Fsp3) is 0.364. The van der Waals surface area contributed by atoms with E-state index < -0.39 is 33.4 Å². The summed E-state index contributed by atoms with van der Waals surface area (Å²) >= 11 is 3.38. The molecule has 0 aliphatic rings. The largest absolute Gasteiger partial charge is 0.354 e. The molecular weight excluding hydrogens is 528 g/mol. The van der Waals surface area contributed by atoms with Gasteiger partial charge < -0.3 is 10.2 Å². The third kappa shape index (κ3) is 7.52. The quantitative estimate of drug-likeness (QED) is 0.335. The van der Waals surface area contributed by atoms with Crippen molar-refractivity contribution in [3.8, 4) is 0 Å². The van der Waals surface area contributed by atoms with Gasteiger partial charge in [-0.1, -0.05) is 41.1 Å². The van der Waals surface area contributed by atoms with E-state index in [0.29, 0.717) is 13.0 Å². The van der Waals surface area contributed by atoms with Crippen LogP contribution in [0.1, 0.15) is 25.8 Å². The molecule has 1 atom stereocenters. The van der Waals surface area contributed by atoms with E-state index in [2.05, 4.69) is 21.2 Å². The molecule has 0 spiro atoms. The Morgan fingerprint density at radius 1 is 1.18 bits per heavy atom. The van der Waals surface area contributed by atoms with Gasteiger partial charge in [-0.3, -0.25) is 24.0 Å². The van der Waals surface area contributed by atoms with Gasteiger partial charge in [0.1, 0.15) is 12.6 Å². The summed E-state index contributed by atoms with van der Waals surface area (Å²) in [6.45, 7) is 3.34. The molecule has 2 rings (SSSR count). The standard InChI is InChI=1S/C22H27BrN4O6S/c1-4-11-24-22(29)16(2)25(14-17-7-5-8-18(23)12-17)21(28)15-26(34(3,32)33)19-9-6-10-20(13-19)27(30)31/h5-10,12-13,16H,4,11,14-15H2,1-3H3,(H,24,29)/t16-/m0/s1. The summed E-state index contributed by atoms with van der Waals surface area (Å²) in [5, 5.41) is 13.9. The summed E-state index contributed by atoms with van der Waals surface area (Å²) < 4.78 is 26.6. The number of non-ortho nitro benzene ring substituents is 1. The molecule has 2 aromatic rings. The van der Waals surface area contributed by atoms with Crippen LogP contribution >= 0.6 is 15.9 Å². The maximum atomic E-state index is 13.4. The minimum Gasteiger partial charge on any atom is -0.354 e. The Labute approximate surface area is 207 Å².